The van der Waals surface area contributed by atoms with Crippen LogP contribution in [-0.4, -0.2) is 13.7 Å². The van der Waals surface area contributed by atoms with Crippen LogP contribution in [0.15, 0.2) is 48.5 Å². The molecule has 3 heteroatoms. The summed E-state index contributed by atoms with van der Waals surface area (Å²) in [4.78, 5) is 0. The molecule has 0 radical (unpaired) electrons. The Kier molecular flexibility index (Phi) is 3.70. The second kappa shape index (κ2) is 5.63. The zero-order valence-electron chi connectivity index (χ0n) is 11.5. The number of nitrogens with one attached hydrogen (secondary N) is 1. The van der Waals surface area contributed by atoms with Crippen molar-refractivity contribution in [2.24, 2.45) is 0 Å². The predicted molar refractivity (Wildman–Crippen MR) is 77.5 cm³/mol. The van der Waals surface area contributed by atoms with E-state index in [2.05, 4.69) is 11.4 Å². The molecule has 0 amide bonds. The smallest absolute Gasteiger partial charge is 0.123 e. The van der Waals surface area contributed by atoms with Gasteiger partial charge in [-0.25, -0.2) is 4.39 Å². The van der Waals surface area contributed by atoms with Gasteiger partial charge in [-0.1, -0.05) is 30.3 Å². The van der Waals surface area contributed by atoms with E-state index in [0.29, 0.717) is 12.5 Å². The van der Waals surface area contributed by atoms with Gasteiger partial charge >= 0.3 is 0 Å². The Morgan fingerprint density at radius 2 is 2.05 bits per heavy atom. The number of hydrogen-bond acceptors (Lipinski definition) is 2. The summed E-state index contributed by atoms with van der Waals surface area (Å²) >= 11 is 0. The maximum Gasteiger partial charge on any atom is 0.123 e. The summed E-state index contributed by atoms with van der Waals surface area (Å²) in [5.74, 6) is 1.05. The highest BCUT2D eigenvalue weighted by atomic mass is 19.1. The molecule has 0 saturated carbocycles. The van der Waals surface area contributed by atoms with Gasteiger partial charge in [-0.3, -0.25) is 0 Å². The topological polar surface area (TPSA) is 21.3 Å². The van der Waals surface area contributed by atoms with Gasteiger partial charge in [0.15, 0.2) is 0 Å². The molecule has 0 spiro atoms. The quantitative estimate of drug-likeness (QED) is 0.920. The Morgan fingerprint density at radius 1 is 1.20 bits per heavy atom. The summed E-state index contributed by atoms with van der Waals surface area (Å²) in [7, 11) is 1.92. The van der Waals surface area contributed by atoms with Gasteiger partial charge in [-0.2, -0.15) is 0 Å². The SMILES string of the molecule is CNC(c1cccc(F)c1)C1CCOc2ccccc21. The minimum Gasteiger partial charge on any atom is -0.493 e. The Labute approximate surface area is 118 Å². The molecular weight excluding hydrogens is 253 g/mol. The van der Waals surface area contributed by atoms with Gasteiger partial charge in [0.2, 0.25) is 0 Å². The van der Waals surface area contributed by atoms with E-state index < -0.39 is 0 Å². The largest absolute Gasteiger partial charge is 0.493 e. The van der Waals surface area contributed by atoms with Gasteiger partial charge in [-0.15, -0.1) is 0 Å². The average molecular weight is 271 g/mol. The Bertz CT molecular complexity index is 599. The number of likely N-dealkylation sites (N-methyl/N-ethyl adjacent to an activating group) is 1. The van der Waals surface area contributed by atoms with Gasteiger partial charge in [0.05, 0.1) is 6.61 Å². The number of halogens is 1. The number of fused-ring (bicyclic) bond motifs is 1. The Balaban J connectivity index is 1.99. The molecule has 1 aliphatic rings. The first-order valence-corrected chi connectivity index (χ1v) is 6.94. The molecule has 0 aliphatic carbocycles. The molecule has 1 N–H and O–H groups in total. The van der Waals surface area contributed by atoms with Gasteiger partial charge < -0.3 is 10.1 Å². The van der Waals surface area contributed by atoms with Crippen molar-refractivity contribution in [2.75, 3.05) is 13.7 Å². The Hall–Kier alpha value is -1.87. The van der Waals surface area contributed by atoms with E-state index in [4.69, 9.17) is 4.74 Å². The molecule has 2 nitrogen and oxygen atoms in total. The van der Waals surface area contributed by atoms with Crippen LogP contribution in [-0.2, 0) is 0 Å². The van der Waals surface area contributed by atoms with Crippen LogP contribution < -0.4 is 10.1 Å². The van der Waals surface area contributed by atoms with Crippen LogP contribution in [0.5, 0.6) is 5.75 Å². The summed E-state index contributed by atoms with van der Waals surface area (Å²) in [6.45, 7) is 0.704. The molecule has 104 valence electrons. The molecule has 1 heterocycles. The summed E-state index contributed by atoms with van der Waals surface area (Å²) in [5.41, 5.74) is 2.18. The molecule has 3 rings (SSSR count). The van der Waals surface area contributed by atoms with Crippen LogP contribution in [0.3, 0.4) is 0 Å². The highest BCUT2D eigenvalue weighted by Crippen LogP contribution is 2.41. The minimum absolute atomic E-state index is 0.0933. The van der Waals surface area contributed by atoms with Crippen LogP contribution in [0.1, 0.15) is 29.5 Å². The maximum absolute atomic E-state index is 13.5. The molecular formula is C17H18FNO. The average Bonchev–Trinajstić information content (AvgIpc) is 2.48. The standard InChI is InChI=1S/C17H18FNO/c1-19-17(12-5-4-6-13(18)11-12)15-9-10-20-16-8-3-2-7-14(15)16/h2-8,11,15,17,19H,9-10H2,1H3. The second-order valence-corrected chi connectivity index (χ2v) is 5.10. The zero-order valence-corrected chi connectivity index (χ0v) is 11.5. The number of rotatable bonds is 3. The molecule has 0 saturated heterocycles. The Morgan fingerprint density at radius 3 is 2.85 bits per heavy atom. The highest BCUT2D eigenvalue weighted by molar-refractivity contribution is 5.40. The molecule has 2 aromatic rings. The van der Waals surface area contributed by atoms with Crippen molar-refractivity contribution in [1.29, 1.82) is 0 Å². The maximum atomic E-state index is 13.5. The van der Waals surface area contributed by atoms with E-state index in [-0.39, 0.29) is 11.9 Å². The zero-order chi connectivity index (χ0) is 13.9. The number of para-hydroxylation sites is 1. The van der Waals surface area contributed by atoms with E-state index in [9.17, 15) is 4.39 Å². The van der Waals surface area contributed by atoms with Crippen LogP contribution >= 0.6 is 0 Å². The molecule has 2 atom stereocenters. The molecule has 1 aliphatic heterocycles. The molecule has 20 heavy (non-hydrogen) atoms. The summed E-state index contributed by atoms with van der Waals surface area (Å²) in [5, 5.41) is 3.33. The fourth-order valence-electron chi connectivity index (χ4n) is 3.02. The molecule has 0 aromatic heterocycles. The first-order chi connectivity index (χ1) is 9.79. The van der Waals surface area contributed by atoms with Gasteiger partial charge in [0.25, 0.3) is 0 Å². The molecule has 2 unspecified atom stereocenters. The second-order valence-electron chi connectivity index (χ2n) is 5.10. The first kappa shape index (κ1) is 13.1. The van der Waals surface area contributed by atoms with Crippen LogP contribution in [0.25, 0.3) is 0 Å². The lowest BCUT2D eigenvalue weighted by molar-refractivity contribution is 0.248. The van der Waals surface area contributed by atoms with Crippen molar-refractivity contribution < 1.29 is 9.13 Å². The van der Waals surface area contributed by atoms with E-state index >= 15 is 0 Å². The van der Waals surface area contributed by atoms with Crippen molar-refractivity contribution in [2.45, 2.75) is 18.4 Å². The van der Waals surface area contributed by atoms with Crippen molar-refractivity contribution in [3.8, 4) is 5.75 Å². The number of benzene rings is 2. The van der Waals surface area contributed by atoms with Crippen molar-refractivity contribution in [3.05, 3.63) is 65.5 Å². The van der Waals surface area contributed by atoms with Crippen molar-refractivity contribution in [1.82, 2.24) is 5.32 Å². The summed E-state index contributed by atoms with van der Waals surface area (Å²) < 4.78 is 19.2. The normalized spacial score (nSPS) is 19.0. The lowest BCUT2D eigenvalue weighted by atomic mass is 9.83. The summed E-state index contributed by atoms with van der Waals surface area (Å²) in [6, 6.07) is 15.0. The summed E-state index contributed by atoms with van der Waals surface area (Å²) in [6.07, 6.45) is 0.930. The third-order valence-corrected chi connectivity index (χ3v) is 3.93. The fraction of sp³-hybridized carbons (Fsp3) is 0.294. The lowest BCUT2D eigenvalue weighted by Gasteiger charge is -2.32. The van der Waals surface area contributed by atoms with E-state index in [1.807, 2.05) is 31.3 Å². The lowest BCUT2D eigenvalue weighted by Crippen LogP contribution is -2.28. The van der Waals surface area contributed by atoms with Gasteiger partial charge in [0, 0.05) is 12.0 Å². The third kappa shape index (κ3) is 2.41. The number of hydrogen-bond donors (Lipinski definition) is 1. The van der Waals surface area contributed by atoms with E-state index in [1.165, 1.54) is 11.6 Å². The molecule has 0 fully saturated rings. The van der Waals surface area contributed by atoms with Crippen LogP contribution in [0.2, 0.25) is 0 Å². The van der Waals surface area contributed by atoms with Crippen LogP contribution in [0.4, 0.5) is 4.39 Å². The molecule has 2 aromatic carbocycles. The number of ether oxygens (including phenoxy) is 1. The highest BCUT2D eigenvalue weighted by Gasteiger charge is 2.29. The van der Waals surface area contributed by atoms with Crippen LogP contribution in [0, 0.1) is 5.82 Å². The first-order valence-electron chi connectivity index (χ1n) is 6.94. The monoisotopic (exact) mass is 271 g/mol. The third-order valence-electron chi connectivity index (χ3n) is 3.93. The van der Waals surface area contributed by atoms with E-state index in [1.54, 1.807) is 12.1 Å². The fourth-order valence-corrected chi connectivity index (χ4v) is 3.02. The van der Waals surface area contributed by atoms with Gasteiger partial charge in [-0.05, 0) is 42.8 Å². The molecule has 0 bridgehead atoms. The van der Waals surface area contributed by atoms with Gasteiger partial charge in [0.1, 0.15) is 11.6 Å². The van der Waals surface area contributed by atoms with Crippen molar-refractivity contribution in [3.63, 3.8) is 0 Å². The van der Waals surface area contributed by atoms with Crippen molar-refractivity contribution >= 4 is 0 Å². The minimum atomic E-state index is -0.192. The predicted octanol–water partition coefficient (Wildman–Crippen LogP) is 3.65. The van der Waals surface area contributed by atoms with E-state index in [0.717, 1.165) is 17.7 Å².